The highest BCUT2D eigenvalue weighted by Crippen LogP contribution is 2.39. The zero-order valence-corrected chi connectivity index (χ0v) is 25.3. The van der Waals surface area contributed by atoms with Crippen LogP contribution in [0.4, 0.5) is 0 Å². The SMILES string of the molecule is CCOP(CCCOc1ccc(C(=O)C(=O)c2ccc(OCCCP(OCC)OCS)cc2)cc1)OCS. The molecular formula is C26H36O8P2S2. The van der Waals surface area contributed by atoms with Crippen LogP contribution in [0, 0.1) is 0 Å². The molecule has 2 atom stereocenters. The van der Waals surface area contributed by atoms with Gasteiger partial charge >= 0.3 is 0 Å². The zero-order chi connectivity index (χ0) is 27.6. The second-order valence-electron chi connectivity index (χ2n) is 7.58. The summed E-state index contributed by atoms with van der Waals surface area (Å²) in [5.74, 6) is 0.731. The highest BCUT2D eigenvalue weighted by atomic mass is 32.1. The van der Waals surface area contributed by atoms with Crippen molar-refractivity contribution in [2.24, 2.45) is 0 Å². The maximum atomic E-state index is 12.7. The normalized spacial score (nSPS) is 12.6. The van der Waals surface area contributed by atoms with E-state index in [9.17, 15) is 9.59 Å². The Kier molecular flexibility index (Phi) is 17.2. The molecule has 0 spiro atoms. The monoisotopic (exact) mass is 602 g/mol. The molecule has 2 aromatic rings. The van der Waals surface area contributed by atoms with Crippen LogP contribution in [0.1, 0.15) is 47.4 Å². The molecule has 0 amide bonds. The van der Waals surface area contributed by atoms with E-state index in [-0.39, 0.29) is 0 Å². The Bertz CT molecular complexity index is 858. The predicted octanol–water partition coefficient (Wildman–Crippen LogP) is 6.79. The molecule has 12 heteroatoms. The third-order valence-electron chi connectivity index (χ3n) is 4.90. The van der Waals surface area contributed by atoms with E-state index in [1.807, 2.05) is 13.8 Å². The predicted molar refractivity (Wildman–Crippen MR) is 158 cm³/mol. The molecular weight excluding hydrogens is 566 g/mol. The maximum absolute atomic E-state index is 12.7. The molecule has 0 aliphatic carbocycles. The summed E-state index contributed by atoms with van der Waals surface area (Å²) in [6.45, 7) is 6.01. The van der Waals surface area contributed by atoms with Crippen LogP contribution >= 0.6 is 42.0 Å². The van der Waals surface area contributed by atoms with Gasteiger partial charge in [0.15, 0.2) is 16.8 Å². The van der Waals surface area contributed by atoms with Gasteiger partial charge in [-0.05, 0) is 75.2 Å². The Labute approximate surface area is 238 Å². The lowest BCUT2D eigenvalue weighted by molar-refractivity contribution is 0.0817. The van der Waals surface area contributed by atoms with Crippen molar-refractivity contribution in [2.75, 3.05) is 50.6 Å². The molecule has 2 unspecified atom stereocenters. The van der Waals surface area contributed by atoms with E-state index in [0.717, 1.165) is 25.2 Å². The zero-order valence-electron chi connectivity index (χ0n) is 21.7. The van der Waals surface area contributed by atoms with Crippen LogP contribution in [0.15, 0.2) is 48.5 Å². The highest BCUT2D eigenvalue weighted by molar-refractivity contribution is 7.80. The second kappa shape index (κ2) is 19.8. The first kappa shape index (κ1) is 33.0. The molecule has 210 valence electrons. The van der Waals surface area contributed by atoms with Crippen LogP contribution < -0.4 is 9.47 Å². The Morgan fingerprint density at radius 3 is 1.32 bits per heavy atom. The third-order valence-corrected chi connectivity index (χ3v) is 8.85. The first-order valence-electron chi connectivity index (χ1n) is 12.4. The van der Waals surface area contributed by atoms with Crippen molar-refractivity contribution in [2.45, 2.75) is 26.7 Å². The first-order chi connectivity index (χ1) is 18.5. The number of carbonyl (C=O) groups is 2. The minimum Gasteiger partial charge on any atom is -0.494 e. The number of ketones is 2. The standard InChI is InChI=1S/C26H36O8P2S2/c1-3-31-35(33-19-37)17-5-15-29-23-11-7-21(8-12-23)25(27)26(28)22-9-13-24(14-10-22)30-16-6-18-36(32-4-2)34-20-38/h7-14,37-38H,3-6,15-20H2,1-2H3. The average Bonchev–Trinajstić information content (AvgIpc) is 2.93. The molecule has 8 nitrogen and oxygen atoms in total. The van der Waals surface area contributed by atoms with Gasteiger partial charge in [-0.3, -0.25) is 9.59 Å². The summed E-state index contributed by atoms with van der Waals surface area (Å²) in [6, 6.07) is 13.1. The van der Waals surface area contributed by atoms with Crippen molar-refractivity contribution in [3.8, 4) is 11.5 Å². The van der Waals surface area contributed by atoms with E-state index >= 15 is 0 Å². The van der Waals surface area contributed by atoms with E-state index in [4.69, 9.17) is 27.6 Å². The topological polar surface area (TPSA) is 89.5 Å². The molecule has 0 aliphatic rings. The Morgan fingerprint density at radius 2 is 1.00 bits per heavy atom. The third kappa shape index (κ3) is 12.3. The molecule has 0 saturated heterocycles. The van der Waals surface area contributed by atoms with Crippen LogP contribution in [-0.2, 0) is 18.1 Å². The fourth-order valence-electron chi connectivity index (χ4n) is 3.18. The molecule has 0 aliphatic heterocycles. The molecule has 0 radical (unpaired) electrons. The van der Waals surface area contributed by atoms with Crippen molar-refractivity contribution in [3.63, 3.8) is 0 Å². The molecule has 38 heavy (non-hydrogen) atoms. The van der Waals surface area contributed by atoms with Gasteiger partial charge in [-0.1, -0.05) is 0 Å². The minimum atomic E-state index is -0.954. The summed E-state index contributed by atoms with van der Waals surface area (Å²) >= 11 is 8.14. The Morgan fingerprint density at radius 1 is 0.632 bits per heavy atom. The fraction of sp³-hybridized carbons (Fsp3) is 0.462. The summed E-state index contributed by atoms with van der Waals surface area (Å²) in [7, 11) is -1.91. The number of hydrogen-bond donors (Lipinski definition) is 2. The lowest BCUT2D eigenvalue weighted by atomic mass is 10.0. The van der Waals surface area contributed by atoms with E-state index in [1.54, 1.807) is 48.5 Å². The molecule has 2 aromatic carbocycles. The van der Waals surface area contributed by atoms with Gasteiger partial charge in [0.2, 0.25) is 11.6 Å². The van der Waals surface area contributed by atoms with Crippen LogP contribution in [0.3, 0.4) is 0 Å². The molecule has 0 aromatic heterocycles. The van der Waals surface area contributed by atoms with Gasteiger partial charge in [0, 0.05) is 23.5 Å². The second-order valence-corrected chi connectivity index (χ2v) is 11.4. The Hall–Kier alpha value is -1.22. The molecule has 0 fully saturated rings. The van der Waals surface area contributed by atoms with Gasteiger partial charge < -0.3 is 27.6 Å². The lowest BCUT2D eigenvalue weighted by Crippen LogP contribution is -2.14. The van der Waals surface area contributed by atoms with Crippen molar-refractivity contribution in [3.05, 3.63) is 59.7 Å². The van der Waals surface area contributed by atoms with Gasteiger partial charge in [0.05, 0.1) is 38.3 Å². The number of benzene rings is 2. The summed E-state index contributed by atoms with van der Waals surface area (Å²) in [5, 5.41) is 0. The number of Topliss-reactive ketones (excluding diaryl/α,β-unsaturated/α-hetero) is 2. The molecule has 0 heterocycles. The van der Waals surface area contributed by atoms with Crippen molar-refractivity contribution in [1.82, 2.24) is 0 Å². The van der Waals surface area contributed by atoms with E-state index < -0.39 is 28.3 Å². The molecule has 0 bridgehead atoms. The van der Waals surface area contributed by atoms with Crippen LogP contribution in [0.25, 0.3) is 0 Å². The van der Waals surface area contributed by atoms with Crippen LogP contribution in [0.2, 0.25) is 0 Å². The van der Waals surface area contributed by atoms with E-state index in [1.165, 1.54) is 0 Å². The quantitative estimate of drug-likeness (QED) is 0.0403. The molecule has 0 saturated carbocycles. The van der Waals surface area contributed by atoms with Crippen molar-refractivity contribution in [1.29, 1.82) is 0 Å². The number of rotatable bonds is 21. The summed E-state index contributed by atoms with van der Waals surface area (Å²) < 4.78 is 33.5. The van der Waals surface area contributed by atoms with Crippen LogP contribution in [-0.4, -0.2) is 62.2 Å². The number of ether oxygens (including phenoxy) is 2. The molecule has 2 rings (SSSR count). The fourth-order valence-corrected chi connectivity index (χ4v) is 6.23. The lowest BCUT2D eigenvalue weighted by Gasteiger charge is -2.15. The van der Waals surface area contributed by atoms with Crippen LogP contribution in [0.5, 0.6) is 11.5 Å². The van der Waals surface area contributed by atoms with E-state index in [0.29, 0.717) is 60.9 Å². The summed E-state index contributed by atoms with van der Waals surface area (Å²) in [6.07, 6.45) is 3.02. The van der Waals surface area contributed by atoms with Crippen molar-refractivity contribution < 1.29 is 37.2 Å². The van der Waals surface area contributed by atoms with Crippen molar-refractivity contribution >= 4 is 53.6 Å². The smallest absolute Gasteiger partial charge is 0.233 e. The minimum absolute atomic E-state index is 0.305. The van der Waals surface area contributed by atoms with Gasteiger partial charge in [0.25, 0.3) is 0 Å². The van der Waals surface area contributed by atoms with Gasteiger partial charge in [0.1, 0.15) is 11.5 Å². The number of hydrogen-bond acceptors (Lipinski definition) is 10. The largest absolute Gasteiger partial charge is 0.494 e. The first-order valence-corrected chi connectivity index (χ1v) is 16.3. The Balaban J connectivity index is 1.78. The average molecular weight is 603 g/mol. The summed E-state index contributed by atoms with van der Waals surface area (Å²) in [4.78, 5) is 25.4. The van der Waals surface area contributed by atoms with Gasteiger partial charge in [-0.2, -0.15) is 25.3 Å². The van der Waals surface area contributed by atoms with Gasteiger partial charge in [-0.15, -0.1) is 0 Å². The highest BCUT2D eigenvalue weighted by Gasteiger charge is 2.18. The van der Waals surface area contributed by atoms with E-state index in [2.05, 4.69) is 25.3 Å². The number of thiol groups is 2. The van der Waals surface area contributed by atoms with Gasteiger partial charge in [-0.25, -0.2) is 0 Å². The maximum Gasteiger partial charge on any atom is 0.233 e. The summed E-state index contributed by atoms with van der Waals surface area (Å²) in [5.41, 5.74) is 0.609. The molecule has 0 N–H and O–H groups in total. The number of carbonyl (C=O) groups excluding carboxylic acids is 2.